The van der Waals surface area contributed by atoms with Gasteiger partial charge in [0, 0.05) is 24.3 Å². The summed E-state index contributed by atoms with van der Waals surface area (Å²) in [6, 6.07) is 0. The van der Waals surface area contributed by atoms with E-state index in [0.29, 0.717) is 6.54 Å². The third-order valence-electron chi connectivity index (χ3n) is 2.38. The highest BCUT2D eigenvalue weighted by atomic mass is 32.1. The van der Waals surface area contributed by atoms with Crippen molar-refractivity contribution in [2.24, 2.45) is 0 Å². The quantitative estimate of drug-likeness (QED) is 0.581. The third kappa shape index (κ3) is 0.948. The summed E-state index contributed by atoms with van der Waals surface area (Å²) in [7, 11) is 0. The van der Waals surface area contributed by atoms with Gasteiger partial charge in [0.2, 0.25) is 0 Å². The van der Waals surface area contributed by atoms with E-state index in [1.54, 1.807) is 16.8 Å². The van der Waals surface area contributed by atoms with Crippen molar-refractivity contribution in [2.75, 3.05) is 6.54 Å². The zero-order valence-corrected chi connectivity index (χ0v) is 7.69. The molecule has 4 nitrogen and oxygen atoms in total. The van der Waals surface area contributed by atoms with Crippen molar-refractivity contribution in [3.63, 3.8) is 0 Å². The van der Waals surface area contributed by atoms with E-state index in [4.69, 9.17) is 0 Å². The molecule has 2 aromatic rings. The highest BCUT2D eigenvalue weighted by Crippen LogP contribution is 2.32. The van der Waals surface area contributed by atoms with E-state index in [0.717, 1.165) is 28.1 Å². The summed E-state index contributed by atoms with van der Waals surface area (Å²) in [6.07, 6.45) is -0.391. The Kier molecular flexibility index (Phi) is 1.46. The first kappa shape index (κ1) is 7.49. The number of nitrogens with zero attached hydrogens (tertiary/aromatic N) is 1. The molecule has 68 valence electrons. The number of hydrogen-bond acceptors (Lipinski definition) is 4. The van der Waals surface area contributed by atoms with Gasteiger partial charge in [0.25, 0.3) is 0 Å². The Morgan fingerprint density at radius 3 is 3.46 bits per heavy atom. The van der Waals surface area contributed by atoms with Crippen molar-refractivity contribution in [3.05, 3.63) is 16.8 Å². The molecule has 0 bridgehead atoms. The third-order valence-corrected chi connectivity index (χ3v) is 3.24. The van der Waals surface area contributed by atoms with Crippen LogP contribution in [0.2, 0.25) is 0 Å². The number of rotatable bonds is 0. The maximum Gasteiger partial charge on any atom is 0.149 e. The molecule has 0 aromatic carbocycles. The summed E-state index contributed by atoms with van der Waals surface area (Å²) in [6.45, 7) is 1.44. The standard InChI is InChI=1S/C8H9N3OS/c12-5-2-9-1-4-6(5)7-8(11-4)10-3-13-7/h3,5,9,11-12H,1-2H2. The van der Waals surface area contributed by atoms with Crippen LogP contribution in [0.25, 0.3) is 10.3 Å². The average Bonchev–Trinajstić information content (AvgIpc) is 2.62. The Labute approximate surface area is 78.6 Å². The predicted molar refractivity (Wildman–Crippen MR) is 50.6 cm³/mol. The Balaban J connectivity index is 2.33. The number of aliphatic hydroxyl groups excluding tert-OH is 1. The van der Waals surface area contributed by atoms with E-state index < -0.39 is 6.10 Å². The molecule has 0 spiro atoms. The molecule has 0 saturated carbocycles. The van der Waals surface area contributed by atoms with Gasteiger partial charge in [0.1, 0.15) is 5.65 Å². The minimum Gasteiger partial charge on any atom is -0.387 e. The number of aliphatic hydroxyl groups is 1. The minimum atomic E-state index is -0.391. The van der Waals surface area contributed by atoms with Crippen LogP contribution in [0.4, 0.5) is 0 Å². The lowest BCUT2D eigenvalue weighted by atomic mass is 10.1. The van der Waals surface area contributed by atoms with Gasteiger partial charge in [-0.05, 0) is 0 Å². The molecular weight excluding hydrogens is 186 g/mol. The second-order valence-corrected chi connectivity index (χ2v) is 4.05. The summed E-state index contributed by atoms with van der Waals surface area (Å²) in [5.41, 5.74) is 4.82. The van der Waals surface area contributed by atoms with Gasteiger partial charge in [-0.15, -0.1) is 11.3 Å². The number of fused-ring (bicyclic) bond motifs is 3. The molecule has 0 saturated heterocycles. The molecule has 0 amide bonds. The van der Waals surface area contributed by atoms with Crippen molar-refractivity contribution in [2.45, 2.75) is 12.6 Å². The topological polar surface area (TPSA) is 60.9 Å². The minimum absolute atomic E-state index is 0.391. The molecule has 1 atom stereocenters. The maximum absolute atomic E-state index is 9.76. The number of hydrogen-bond donors (Lipinski definition) is 3. The van der Waals surface area contributed by atoms with Gasteiger partial charge < -0.3 is 15.4 Å². The number of aromatic nitrogens is 2. The van der Waals surface area contributed by atoms with Crippen LogP contribution in [-0.4, -0.2) is 21.6 Å². The number of β-amino-alcohol motifs (C(OH)–C–C–N with tert-alkyl or cyclic N) is 1. The zero-order valence-electron chi connectivity index (χ0n) is 6.87. The molecular formula is C8H9N3OS. The molecule has 1 aliphatic rings. The highest BCUT2D eigenvalue weighted by molar-refractivity contribution is 7.16. The van der Waals surface area contributed by atoms with Crippen molar-refractivity contribution >= 4 is 21.7 Å². The van der Waals surface area contributed by atoms with E-state index in [9.17, 15) is 5.11 Å². The first-order valence-electron chi connectivity index (χ1n) is 4.19. The van der Waals surface area contributed by atoms with Crippen molar-refractivity contribution in [1.82, 2.24) is 15.3 Å². The van der Waals surface area contributed by atoms with E-state index in [1.807, 2.05) is 0 Å². The van der Waals surface area contributed by atoms with Crippen LogP contribution in [0.5, 0.6) is 0 Å². The first-order valence-corrected chi connectivity index (χ1v) is 5.07. The summed E-state index contributed by atoms with van der Waals surface area (Å²) < 4.78 is 1.10. The molecule has 0 fully saturated rings. The number of nitrogens with one attached hydrogen (secondary N) is 2. The molecule has 0 aliphatic carbocycles. The highest BCUT2D eigenvalue weighted by Gasteiger charge is 2.23. The van der Waals surface area contributed by atoms with E-state index >= 15 is 0 Å². The van der Waals surface area contributed by atoms with Gasteiger partial charge in [0.15, 0.2) is 0 Å². The molecule has 2 aromatic heterocycles. The Hall–Kier alpha value is -0.910. The fourth-order valence-electron chi connectivity index (χ4n) is 1.80. The largest absolute Gasteiger partial charge is 0.387 e. The Morgan fingerprint density at radius 2 is 2.54 bits per heavy atom. The number of aromatic amines is 1. The second kappa shape index (κ2) is 2.54. The molecule has 3 N–H and O–H groups in total. The molecule has 13 heavy (non-hydrogen) atoms. The van der Waals surface area contributed by atoms with Crippen LogP contribution in [0.3, 0.4) is 0 Å². The van der Waals surface area contributed by atoms with E-state index in [2.05, 4.69) is 15.3 Å². The first-order chi connectivity index (χ1) is 6.36. The van der Waals surface area contributed by atoms with Gasteiger partial charge >= 0.3 is 0 Å². The molecule has 0 radical (unpaired) electrons. The fourth-order valence-corrected chi connectivity index (χ4v) is 2.67. The summed E-state index contributed by atoms with van der Waals surface area (Å²) in [5, 5.41) is 12.9. The Morgan fingerprint density at radius 1 is 1.62 bits per heavy atom. The van der Waals surface area contributed by atoms with Gasteiger partial charge in [-0.1, -0.05) is 0 Å². The SMILES string of the molecule is OC1CNCc2[nH]c3ncsc3c21. The summed E-state index contributed by atoms with van der Waals surface area (Å²) in [5.74, 6) is 0. The molecule has 1 aliphatic heterocycles. The van der Waals surface area contributed by atoms with Crippen LogP contribution in [0.1, 0.15) is 17.4 Å². The number of thiazole rings is 1. The van der Waals surface area contributed by atoms with E-state index in [-0.39, 0.29) is 0 Å². The molecule has 1 unspecified atom stereocenters. The maximum atomic E-state index is 9.76. The molecule has 3 rings (SSSR count). The van der Waals surface area contributed by atoms with E-state index in [1.165, 1.54) is 0 Å². The molecule has 5 heteroatoms. The normalized spacial score (nSPS) is 22.1. The van der Waals surface area contributed by atoms with Crippen LogP contribution in [-0.2, 0) is 6.54 Å². The van der Waals surface area contributed by atoms with Crippen molar-refractivity contribution in [1.29, 1.82) is 0 Å². The van der Waals surface area contributed by atoms with Gasteiger partial charge in [-0.3, -0.25) is 0 Å². The zero-order chi connectivity index (χ0) is 8.84. The smallest absolute Gasteiger partial charge is 0.149 e. The average molecular weight is 195 g/mol. The number of H-pyrrole nitrogens is 1. The van der Waals surface area contributed by atoms with Gasteiger partial charge in [-0.25, -0.2) is 4.98 Å². The van der Waals surface area contributed by atoms with Gasteiger partial charge in [-0.2, -0.15) is 0 Å². The van der Waals surface area contributed by atoms with Crippen LogP contribution in [0, 0.1) is 0 Å². The van der Waals surface area contributed by atoms with Crippen LogP contribution < -0.4 is 5.32 Å². The lowest BCUT2D eigenvalue weighted by Crippen LogP contribution is -2.27. The van der Waals surface area contributed by atoms with Crippen LogP contribution in [0.15, 0.2) is 5.51 Å². The molecule has 3 heterocycles. The fraction of sp³-hybridized carbons (Fsp3) is 0.375. The Bertz CT molecular complexity index is 447. The second-order valence-electron chi connectivity index (χ2n) is 3.19. The monoisotopic (exact) mass is 195 g/mol. The lowest BCUT2D eigenvalue weighted by Gasteiger charge is -2.18. The summed E-state index contributed by atoms with van der Waals surface area (Å²) in [4.78, 5) is 7.39. The summed E-state index contributed by atoms with van der Waals surface area (Å²) >= 11 is 1.58. The van der Waals surface area contributed by atoms with Crippen LogP contribution >= 0.6 is 11.3 Å². The van der Waals surface area contributed by atoms with Gasteiger partial charge in [0.05, 0.1) is 16.3 Å². The predicted octanol–water partition coefficient (Wildman–Crippen LogP) is 0.761. The van der Waals surface area contributed by atoms with Crippen molar-refractivity contribution in [3.8, 4) is 0 Å². The lowest BCUT2D eigenvalue weighted by molar-refractivity contribution is 0.166. The van der Waals surface area contributed by atoms with Crippen molar-refractivity contribution < 1.29 is 5.11 Å².